The first-order chi connectivity index (χ1) is 10.1. The van der Waals surface area contributed by atoms with E-state index in [0.717, 1.165) is 6.61 Å². The van der Waals surface area contributed by atoms with Crippen molar-refractivity contribution in [3.63, 3.8) is 0 Å². The molecule has 0 aromatic rings. The highest BCUT2D eigenvalue weighted by Crippen LogP contribution is 2.43. The minimum absolute atomic E-state index is 0.593. The second-order valence-corrected chi connectivity index (χ2v) is 14.6. The maximum Gasteiger partial charge on any atom is 0.200 e. The molecule has 0 unspecified atom stereocenters. The molecule has 0 bridgehead atoms. The molecular weight excluding hydrogens is 399 g/mol. The normalized spacial score (nSPS) is 21.4. The Kier molecular flexibility index (Phi) is 7.87. The summed E-state index contributed by atoms with van der Waals surface area (Å²) >= 11 is 2.53. The summed E-state index contributed by atoms with van der Waals surface area (Å²) < 4.78 is 8.29. The predicted octanol–water partition coefficient (Wildman–Crippen LogP) is 7.10. The van der Waals surface area contributed by atoms with Gasteiger partial charge in [0.1, 0.15) is 0 Å². The first-order valence-corrected chi connectivity index (χ1v) is 12.0. The van der Waals surface area contributed by atoms with E-state index in [9.17, 15) is 0 Å². The van der Waals surface area contributed by atoms with E-state index in [2.05, 4.69) is 90.1 Å². The summed E-state index contributed by atoms with van der Waals surface area (Å²) in [6, 6.07) is 0. The second kappa shape index (κ2) is 8.47. The van der Waals surface area contributed by atoms with E-state index in [4.69, 9.17) is 4.43 Å². The van der Waals surface area contributed by atoms with Gasteiger partial charge in [0.15, 0.2) is 8.32 Å². The van der Waals surface area contributed by atoms with Crippen LogP contribution in [0.4, 0.5) is 0 Å². The topological polar surface area (TPSA) is 9.23 Å². The van der Waals surface area contributed by atoms with E-state index in [1.165, 1.54) is 15.6 Å². The monoisotopic (exact) mass is 434 g/mol. The van der Waals surface area contributed by atoms with Crippen LogP contribution in [0.2, 0.25) is 16.6 Å². The molecule has 1 aliphatic carbocycles. The molecular formula is C19H35IOSi. The van der Waals surface area contributed by atoms with Gasteiger partial charge in [-0.3, -0.25) is 0 Å². The molecule has 0 aromatic carbocycles. The number of hydrogen-bond acceptors (Lipinski definition) is 1. The summed E-state index contributed by atoms with van der Waals surface area (Å²) in [6.07, 6.45) is 5.88. The molecule has 0 aliphatic heterocycles. The molecule has 1 nitrogen and oxygen atoms in total. The van der Waals surface area contributed by atoms with Crippen molar-refractivity contribution in [2.24, 2.45) is 11.8 Å². The quantitative estimate of drug-likeness (QED) is 0.307. The molecule has 0 saturated heterocycles. The summed E-state index contributed by atoms with van der Waals surface area (Å²) in [6.45, 7) is 19.7. The first kappa shape index (κ1) is 20.4. The van der Waals surface area contributed by atoms with Gasteiger partial charge >= 0.3 is 0 Å². The maximum absolute atomic E-state index is 6.79. The highest BCUT2D eigenvalue weighted by molar-refractivity contribution is 14.1. The fourth-order valence-corrected chi connectivity index (χ4v) is 11.1. The lowest BCUT2D eigenvalue weighted by molar-refractivity contribution is 0.202. The molecule has 1 rings (SSSR count). The maximum atomic E-state index is 6.79. The molecule has 3 heteroatoms. The Morgan fingerprint density at radius 2 is 1.59 bits per heavy atom. The van der Waals surface area contributed by atoms with Crippen molar-refractivity contribution in [1.29, 1.82) is 0 Å². The summed E-state index contributed by atoms with van der Waals surface area (Å²) in [5.41, 5.74) is 3.41. The Hall–Kier alpha value is 0.387. The van der Waals surface area contributed by atoms with Crippen molar-refractivity contribution in [3.05, 3.63) is 21.3 Å². The Labute approximate surface area is 153 Å². The van der Waals surface area contributed by atoms with Crippen molar-refractivity contribution in [2.75, 3.05) is 6.61 Å². The Balaban J connectivity index is 2.80. The van der Waals surface area contributed by atoms with E-state index in [0.29, 0.717) is 28.5 Å². The average Bonchev–Trinajstić information content (AvgIpc) is 2.37. The van der Waals surface area contributed by atoms with Crippen molar-refractivity contribution >= 4 is 30.9 Å². The predicted molar refractivity (Wildman–Crippen MR) is 110 cm³/mol. The lowest BCUT2D eigenvalue weighted by Crippen LogP contribution is -2.48. The van der Waals surface area contributed by atoms with Crippen LogP contribution in [0.5, 0.6) is 0 Å². The fraction of sp³-hybridized carbons (Fsp3) is 0.789. The third-order valence-corrected chi connectivity index (χ3v) is 12.6. The minimum atomic E-state index is -1.73. The largest absolute Gasteiger partial charge is 0.416 e. The highest BCUT2D eigenvalue weighted by Gasteiger charge is 2.45. The molecule has 0 radical (unpaired) electrons. The minimum Gasteiger partial charge on any atom is -0.416 e. The molecule has 0 fully saturated rings. The zero-order valence-corrected chi connectivity index (χ0v) is 18.9. The number of allylic oxidation sites excluding steroid dienone is 4. The third-order valence-electron chi connectivity index (χ3n) is 5.40. The fourth-order valence-electron chi connectivity index (χ4n) is 4.20. The molecule has 128 valence electrons. The molecule has 0 amide bonds. The van der Waals surface area contributed by atoms with Crippen LogP contribution in [-0.2, 0) is 4.43 Å². The lowest BCUT2D eigenvalue weighted by Gasteiger charge is -2.43. The first-order valence-electron chi connectivity index (χ1n) is 8.80. The van der Waals surface area contributed by atoms with Crippen molar-refractivity contribution in [2.45, 2.75) is 78.4 Å². The van der Waals surface area contributed by atoms with Crippen LogP contribution in [0.3, 0.4) is 0 Å². The summed E-state index contributed by atoms with van der Waals surface area (Å²) in [5.74, 6) is 1.23. The van der Waals surface area contributed by atoms with E-state index in [-0.39, 0.29) is 0 Å². The van der Waals surface area contributed by atoms with Gasteiger partial charge in [-0.15, -0.1) is 0 Å². The number of rotatable bonds is 7. The molecule has 2 atom stereocenters. The van der Waals surface area contributed by atoms with Crippen molar-refractivity contribution < 1.29 is 4.43 Å². The van der Waals surface area contributed by atoms with Gasteiger partial charge in [0.05, 0.1) is 0 Å². The van der Waals surface area contributed by atoms with E-state index in [1.54, 1.807) is 0 Å². The van der Waals surface area contributed by atoms with Gasteiger partial charge in [-0.2, -0.15) is 0 Å². The van der Waals surface area contributed by atoms with Gasteiger partial charge in [-0.25, -0.2) is 0 Å². The van der Waals surface area contributed by atoms with E-state index < -0.39 is 8.32 Å². The summed E-state index contributed by atoms with van der Waals surface area (Å²) in [7, 11) is -1.73. The summed E-state index contributed by atoms with van der Waals surface area (Å²) in [5, 5.41) is 0. The highest BCUT2D eigenvalue weighted by atomic mass is 127. The molecule has 1 aliphatic rings. The van der Waals surface area contributed by atoms with Gasteiger partial charge in [-0.1, -0.05) is 66.2 Å². The Morgan fingerprint density at radius 1 is 1.09 bits per heavy atom. The molecule has 0 spiro atoms. The summed E-state index contributed by atoms with van der Waals surface area (Å²) in [4.78, 5) is 0. The van der Waals surface area contributed by atoms with Crippen molar-refractivity contribution in [3.8, 4) is 0 Å². The van der Waals surface area contributed by atoms with Gasteiger partial charge in [0.2, 0.25) is 0 Å². The van der Waals surface area contributed by atoms with Crippen LogP contribution in [-0.4, -0.2) is 14.9 Å². The number of halogens is 1. The van der Waals surface area contributed by atoms with Crippen LogP contribution >= 0.6 is 22.6 Å². The van der Waals surface area contributed by atoms with E-state index in [1.807, 2.05) is 0 Å². The standard InChI is InChI=1S/C19H35IOSi/c1-13(2)22(14(3)4,15(5)6)21-12-17(8)18-10-9-16(7)11-19(18)20/h9,11,13-15,17-18H,10,12H2,1-8H3/t17-,18-/m1/s1. The Bertz CT molecular complexity index is 401. The second-order valence-electron chi connectivity index (χ2n) is 7.93. The van der Waals surface area contributed by atoms with Crippen LogP contribution in [0, 0.1) is 11.8 Å². The molecule has 0 N–H and O–H groups in total. The van der Waals surface area contributed by atoms with Gasteiger partial charge in [0.25, 0.3) is 0 Å². The van der Waals surface area contributed by atoms with Crippen LogP contribution in [0.25, 0.3) is 0 Å². The third kappa shape index (κ3) is 4.47. The van der Waals surface area contributed by atoms with Gasteiger partial charge < -0.3 is 4.43 Å². The molecule has 0 aromatic heterocycles. The molecule has 22 heavy (non-hydrogen) atoms. The zero-order valence-electron chi connectivity index (χ0n) is 15.7. The van der Waals surface area contributed by atoms with Gasteiger partial charge in [-0.05, 0) is 68.0 Å². The smallest absolute Gasteiger partial charge is 0.200 e. The zero-order chi connectivity index (χ0) is 17.1. The molecule has 0 saturated carbocycles. The molecule has 0 heterocycles. The van der Waals surface area contributed by atoms with E-state index >= 15 is 0 Å². The Morgan fingerprint density at radius 3 is 2.00 bits per heavy atom. The SMILES string of the molecule is CC1=CC[C@H]([C@H](C)CO[Si](C(C)C)(C(C)C)C(C)C)C(I)=C1. The van der Waals surface area contributed by atoms with Crippen LogP contribution in [0.15, 0.2) is 21.3 Å². The average molecular weight is 434 g/mol. The van der Waals surface area contributed by atoms with Crippen molar-refractivity contribution in [1.82, 2.24) is 0 Å². The van der Waals surface area contributed by atoms with Gasteiger partial charge in [0, 0.05) is 6.61 Å². The van der Waals surface area contributed by atoms with Crippen LogP contribution < -0.4 is 0 Å². The lowest BCUT2D eigenvalue weighted by atomic mass is 9.87. The van der Waals surface area contributed by atoms with Crippen LogP contribution in [0.1, 0.15) is 61.8 Å². The number of hydrogen-bond donors (Lipinski definition) is 0.